The summed E-state index contributed by atoms with van der Waals surface area (Å²) >= 11 is 0. The van der Waals surface area contributed by atoms with Gasteiger partial charge in [0.25, 0.3) is 0 Å². The van der Waals surface area contributed by atoms with Crippen molar-refractivity contribution in [2.24, 2.45) is 0 Å². The third-order valence-electron chi connectivity index (χ3n) is 2.84. The van der Waals surface area contributed by atoms with Crippen molar-refractivity contribution >= 4 is 12.0 Å². The Hall–Kier alpha value is -1.78. The number of esters is 1. The Bertz CT molecular complexity index is 578. The van der Waals surface area contributed by atoms with Gasteiger partial charge < -0.3 is 4.74 Å². The van der Waals surface area contributed by atoms with Gasteiger partial charge in [0.1, 0.15) is 5.60 Å². The van der Waals surface area contributed by atoms with Gasteiger partial charge >= 0.3 is 12.1 Å². The molecule has 0 saturated carbocycles. The Morgan fingerprint density at radius 3 is 2.40 bits per heavy atom. The molecule has 0 spiro atoms. The van der Waals surface area contributed by atoms with Crippen LogP contribution in [0, 0.1) is 0 Å². The molecular formula is C15H15F3O2. The van der Waals surface area contributed by atoms with E-state index >= 15 is 0 Å². The van der Waals surface area contributed by atoms with E-state index in [2.05, 4.69) is 0 Å². The summed E-state index contributed by atoms with van der Waals surface area (Å²) in [6.45, 7) is 5.24. The fraction of sp³-hybridized carbons (Fsp3) is 0.400. The van der Waals surface area contributed by atoms with Crippen LogP contribution in [-0.4, -0.2) is 11.6 Å². The minimum Gasteiger partial charge on any atom is -0.457 e. The largest absolute Gasteiger partial charge is 0.457 e. The van der Waals surface area contributed by atoms with Crippen LogP contribution in [0.5, 0.6) is 0 Å². The van der Waals surface area contributed by atoms with Gasteiger partial charge in [-0.3, -0.25) is 0 Å². The Labute approximate surface area is 115 Å². The quantitative estimate of drug-likeness (QED) is 0.729. The first kappa shape index (κ1) is 14.6. The lowest BCUT2D eigenvalue weighted by atomic mass is 10.1. The first-order chi connectivity index (χ1) is 9.06. The molecule has 2 nitrogen and oxygen atoms in total. The third-order valence-corrected chi connectivity index (χ3v) is 2.84. The smallest absolute Gasteiger partial charge is 0.416 e. The van der Waals surface area contributed by atoms with E-state index < -0.39 is 23.3 Å². The maximum atomic E-state index is 12.6. The van der Waals surface area contributed by atoms with Crippen molar-refractivity contribution in [3.05, 3.63) is 40.5 Å². The molecule has 1 aromatic rings. The molecule has 5 heteroatoms. The maximum absolute atomic E-state index is 12.6. The minimum atomic E-state index is -4.38. The summed E-state index contributed by atoms with van der Waals surface area (Å²) in [6.07, 6.45) is -2.60. The molecule has 0 N–H and O–H groups in total. The van der Waals surface area contributed by atoms with Crippen LogP contribution >= 0.6 is 0 Å². The highest BCUT2D eigenvalue weighted by Crippen LogP contribution is 2.34. The van der Waals surface area contributed by atoms with Gasteiger partial charge in [0.15, 0.2) is 0 Å². The second kappa shape index (κ2) is 4.65. The first-order valence-corrected chi connectivity index (χ1v) is 6.20. The SMILES string of the molecule is CC(C)(C)OC(=O)C1=Cc2cc(C(F)(F)F)ccc2C1. The Balaban J connectivity index is 2.24. The topological polar surface area (TPSA) is 26.3 Å². The standard InChI is InChI=1S/C15H15F3O2/c1-14(2,3)20-13(19)11-6-9-4-5-12(15(16,17)18)8-10(9)7-11/h4-5,7-8H,6H2,1-3H3. The van der Waals surface area contributed by atoms with E-state index in [1.54, 1.807) is 20.8 Å². The van der Waals surface area contributed by atoms with Crippen LogP contribution in [0.3, 0.4) is 0 Å². The molecule has 0 bridgehead atoms. The van der Waals surface area contributed by atoms with Crippen molar-refractivity contribution in [1.29, 1.82) is 0 Å². The van der Waals surface area contributed by atoms with E-state index in [0.717, 1.165) is 12.1 Å². The van der Waals surface area contributed by atoms with Crippen molar-refractivity contribution in [1.82, 2.24) is 0 Å². The summed E-state index contributed by atoms with van der Waals surface area (Å²) in [4.78, 5) is 11.9. The predicted molar refractivity (Wildman–Crippen MR) is 69.0 cm³/mol. The lowest BCUT2D eigenvalue weighted by Crippen LogP contribution is -2.24. The molecule has 0 aromatic heterocycles. The van der Waals surface area contributed by atoms with Crippen LogP contribution in [0.15, 0.2) is 23.8 Å². The van der Waals surface area contributed by atoms with E-state index in [1.807, 2.05) is 0 Å². The van der Waals surface area contributed by atoms with Gasteiger partial charge in [0, 0.05) is 12.0 Å². The number of carbonyl (C=O) groups is 1. The summed E-state index contributed by atoms with van der Waals surface area (Å²) in [6, 6.07) is 3.50. The number of halogens is 3. The fourth-order valence-electron chi connectivity index (χ4n) is 1.99. The molecule has 2 rings (SSSR count). The number of benzene rings is 1. The lowest BCUT2D eigenvalue weighted by molar-refractivity contribution is -0.149. The second-order valence-corrected chi connectivity index (χ2v) is 5.76. The normalized spacial score (nSPS) is 14.8. The van der Waals surface area contributed by atoms with E-state index in [0.29, 0.717) is 23.1 Å². The van der Waals surface area contributed by atoms with Gasteiger partial charge in [0.2, 0.25) is 0 Å². The molecule has 1 aromatic carbocycles. The fourth-order valence-corrected chi connectivity index (χ4v) is 1.99. The van der Waals surface area contributed by atoms with Crippen LogP contribution < -0.4 is 0 Å². The zero-order valence-electron chi connectivity index (χ0n) is 11.5. The Morgan fingerprint density at radius 1 is 1.20 bits per heavy atom. The highest BCUT2D eigenvalue weighted by atomic mass is 19.4. The Kier molecular flexibility index (Phi) is 3.40. The number of ether oxygens (including phenoxy) is 1. The summed E-state index contributed by atoms with van der Waals surface area (Å²) in [7, 11) is 0. The monoisotopic (exact) mass is 284 g/mol. The van der Waals surface area contributed by atoms with E-state index in [9.17, 15) is 18.0 Å². The predicted octanol–water partition coefficient (Wildman–Crippen LogP) is 3.99. The number of hydrogen-bond acceptors (Lipinski definition) is 2. The molecule has 1 aliphatic rings. The summed E-state index contributed by atoms with van der Waals surface area (Å²) in [5, 5.41) is 0. The van der Waals surface area contributed by atoms with Crippen LogP contribution in [-0.2, 0) is 22.1 Å². The van der Waals surface area contributed by atoms with Gasteiger partial charge in [0.05, 0.1) is 5.56 Å². The summed E-state index contributed by atoms with van der Waals surface area (Å²) in [5.74, 6) is -0.484. The minimum absolute atomic E-state index is 0.308. The van der Waals surface area contributed by atoms with E-state index in [-0.39, 0.29) is 0 Å². The Morgan fingerprint density at radius 2 is 1.85 bits per heavy atom. The van der Waals surface area contributed by atoms with Crippen LogP contribution in [0.4, 0.5) is 13.2 Å². The number of hydrogen-bond donors (Lipinski definition) is 0. The molecule has 1 aliphatic carbocycles. The van der Waals surface area contributed by atoms with Crippen LogP contribution in [0.2, 0.25) is 0 Å². The van der Waals surface area contributed by atoms with Crippen molar-refractivity contribution in [2.45, 2.75) is 39.0 Å². The average Bonchev–Trinajstić information content (AvgIpc) is 2.67. The first-order valence-electron chi connectivity index (χ1n) is 6.20. The van der Waals surface area contributed by atoms with E-state index in [4.69, 9.17) is 4.74 Å². The van der Waals surface area contributed by atoms with E-state index in [1.165, 1.54) is 12.1 Å². The number of rotatable bonds is 1. The zero-order valence-corrected chi connectivity index (χ0v) is 11.5. The van der Waals surface area contributed by atoms with Crippen molar-refractivity contribution < 1.29 is 22.7 Å². The molecule has 20 heavy (non-hydrogen) atoms. The average molecular weight is 284 g/mol. The third kappa shape index (κ3) is 3.21. The maximum Gasteiger partial charge on any atom is 0.416 e. The van der Waals surface area contributed by atoms with Gasteiger partial charge in [-0.2, -0.15) is 13.2 Å². The van der Waals surface area contributed by atoms with Crippen LogP contribution in [0.25, 0.3) is 6.08 Å². The highest BCUT2D eigenvalue weighted by molar-refractivity contribution is 5.96. The van der Waals surface area contributed by atoms with Gasteiger partial charge in [-0.05, 0) is 50.1 Å². The van der Waals surface area contributed by atoms with Gasteiger partial charge in [-0.1, -0.05) is 6.07 Å². The van der Waals surface area contributed by atoms with Crippen molar-refractivity contribution in [3.63, 3.8) is 0 Å². The molecule has 108 valence electrons. The number of fused-ring (bicyclic) bond motifs is 1. The van der Waals surface area contributed by atoms with Gasteiger partial charge in [-0.25, -0.2) is 4.79 Å². The summed E-state index contributed by atoms with van der Waals surface area (Å²) < 4.78 is 43.1. The molecular weight excluding hydrogens is 269 g/mol. The zero-order chi connectivity index (χ0) is 15.1. The molecule has 0 saturated heterocycles. The second-order valence-electron chi connectivity index (χ2n) is 5.76. The number of carbonyl (C=O) groups excluding carboxylic acids is 1. The molecule has 0 aliphatic heterocycles. The molecule has 0 fully saturated rings. The molecule has 0 atom stereocenters. The summed E-state index contributed by atoms with van der Waals surface area (Å²) in [5.41, 5.74) is 0.191. The molecule has 0 heterocycles. The number of alkyl halides is 3. The molecule has 0 radical (unpaired) electrons. The van der Waals surface area contributed by atoms with Gasteiger partial charge in [-0.15, -0.1) is 0 Å². The molecule has 0 unspecified atom stereocenters. The van der Waals surface area contributed by atoms with Crippen LogP contribution in [0.1, 0.15) is 37.5 Å². The molecule has 0 amide bonds. The van der Waals surface area contributed by atoms with Crippen molar-refractivity contribution in [3.8, 4) is 0 Å². The van der Waals surface area contributed by atoms with Crippen molar-refractivity contribution in [2.75, 3.05) is 0 Å². The highest BCUT2D eigenvalue weighted by Gasteiger charge is 2.32. The lowest BCUT2D eigenvalue weighted by Gasteiger charge is -2.19.